The van der Waals surface area contributed by atoms with E-state index >= 15 is 0 Å². The Bertz CT molecular complexity index is 1060. The monoisotopic (exact) mass is 378 g/mol. The zero-order valence-corrected chi connectivity index (χ0v) is 15.5. The summed E-state index contributed by atoms with van der Waals surface area (Å²) in [5, 5.41) is 9.62. The summed E-state index contributed by atoms with van der Waals surface area (Å²) >= 11 is 0. The lowest BCUT2D eigenvalue weighted by molar-refractivity contribution is 0.234. The highest BCUT2D eigenvalue weighted by atomic mass is 19.1. The standard InChI is InChI=1S/C21H19FN4O2/c1-3-23-21(27)25-20-19-17(12(2)26-28-19)15-6-4-5-7-16(15)18(24-20)13-8-10-14(22)11-9-13/h4-11,20H,3H2,1-2H3,(H2,23,25,27). The minimum absolute atomic E-state index is 0.324. The fourth-order valence-electron chi connectivity index (χ4n) is 3.34. The van der Waals surface area contributed by atoms with E-state index in [4.69, 9.17) is 9.52 Å². The third-order valence-corrected chi connectivity index (χ3v) is 4.57. The molecule has 2 heterocycles. The van der Waals surface area contributed by atoms with E-state index in [0.717, 1.165) is 22.3 Å². The van der Waals surface area contributed by atoms with E-state index in [1.54, 1.807) is 12.1 Å². The molecule has 1 aliphatic rings. The van der Waals surface area contributed by atoms with Gasteiger partial charge in [-0.3, -0.25) is 4.99 Å². The summed E-state index contributed by atoms with van der Waals surface area (Å²) in [6.45, 7) is 4.17. The van der Waals surface area contributed by atoms with Crippen LogP contribution in [-0.4, -0.2) is 23.4 Å². The number of fused-ring (bicyclic) bond motifs is 3. The van der Waals surface area contributed by atoms with Gasteiger partial charge in [0.05, 0.1) is 17.0 Å². The molecule has 7 heteroatoms. The van der Waals surface area contributed by atoms with Gasteiger partial charge in [-0.1, -0.05) is 29.4 Å². The number of hydrogen-bond donors (Lipinski definition) is 2. The highest BCUT2D eigenvalue weighted by molar-refractivity contribution is 6.17. The number of nitrogens with one attached hydrogen (secondary N) is 2. The molecule has 4 rings (SSSR count). The second-order valence-electron chi connectivity index (χ2n) is 6.44. The normalized spacial score (nSPS) is 15.1. The Balaban J connectivity index is 1.92. The van der Waals surface area contributed by atoms with Crippen LogP contribution in [0.25, 0.3) is 11.1 Å². The van der Waals surface area contributed by atoms with Gasteiger partial charge in [-0.15, -0.1) is 0 Å². The van der Waals surface area contributed by atoms with Crippen LogP contribution >= 0.6 is 0 Å². The molecular formula is C21H19FN4O2. The van der Waals surface area contributed by atoms with Crippen LogP contribution in [0.5, 0.6) is 0 Å². The number of urea groups is 1. The van der Waals surface area contributed by atoms with Crippen LogP contribution in [0.2, 0.25) is 0 Å². The Morgan fingerprint density at radius 2 is 1.86 bits per heavy atom. The lowest BCUT2D eigenvalue weighted by Gasteiger charge is -2.14. The molecule has 0 fully saturated rings. The molecule has 1 aliphatic heterocycles. The number of halogens is 1. The largest absolute Gasteiger partial charge is 0.356 e. The number of carbonyl (C=O) groups is 1. The van der Waals surface area contributed by atoms with Crippen molar-refractivity contribution < 1.29 is 13.7 Å². The second-order valence-corrected chi connectivity index (χ2v) is 6.44. The summed E-state index contributed by atoms with van der Waals surface area (Å²) < 4.78 is 19.0. The summed E-state index contributed by atoms with van der Waals surface area (Å²) in [5.74, 6) is 0.142. The predicted octanol–water partition coefficient (Wildman–Crippen LogP) is 3.96. The Hall–Kier alpha value is -3.48. The zero-order valence-electron chi connectivity index (χ0n) is 15.5. The molecule has 142 valence electrons. The fourth-order valence-corrected chi connectivity index (χ4v) is 3.34. The van der Waals surface area contributed by atoms with Crippen molar-refractivity contribution in [3.63, 3.8) is 0 Å². The predicted molar refractivity (Wildman–Crippen MR) is 104 cm³/mol. The van der Waals surface area contributed by atoms with Gasteiger partial charge in [-0.2, -0.15) is 0 Å². The van der Waals surface area contributed by atoms with Crippen molar-refractivity contribution in [3.8, 4) is 11.1 Å². The highest BCUT2D eigenvalue weighted by Gasteiger charge is 2.31. The first kappa shape index (κ1) is 17.9. The zero-order chi connectivity index (χ0) is 19.7. The number of aryl methyl sites for hydroxylation is 1. The van der Waals surface area contributed by atoms with Crippen molar-refractivity contribution >= 4 is 11.7 Å². The van der Waals surface area contributed by atoms with Crippen LogP contribution in [0, 0.1) is 12.7 Å². The molecule has 2 N–H and O–H groups in total. The number of aromatic nitrogens is 1. The molecule has 0 radical (unpaired) electrons. The summed E-state index contributed by atoms with van der Waals surface area (Å²) in [6.07, 6.45) is -0.768. The molecule has 1 unspecified atom stereocenters. The van der Waals surface area contributed by atoms with Crippen molar-refractivity contribution in [3.05, 3.63) is 76.9 Å². The minimum Gasteiger partial charge on any atom is -0.356 e. The van der Waals surface area contributed by atoms with E-state index in [9.17, 15) is 9.18 Å². The molecule has 0 spiro atoms. The summed E-state index contributed by atoms with van der Waals surface area (Å²) in [4.78, 5) is 17.0. The number of nitrogens with zero attached hydrogens (tertiary/aromatic N) is 2. The quantitative estimate of drug-likeness (QED) is 0.724. The van der Waals surface area contributed by atoms with Gasteiger partial charge in [0.1, 0.15) is 5.82 Å². The number of carbonyl (C=O) groups excluding carboxylic acids is 1. The molecule has 3 aromatic rings. The average molecular weight is 378 g/mol. The van der Waals surface area contributed by atoms with Gasteiger partial charge in [-0.05, 0) is 43.7 Å². The Morgan fingerprint density at radius 3 is 2.57 bits per heavy atom. The third-order valence-electron chi connectivity index (χ3n) is 4.57. The van der Waals surface area contributed by atoms with Crippen LogP contribution in [0.1, 0.15) is 35.7 Å². The molecule has 2 aromatic carbocycles. The fraction of sp³-hybridized carbons (Fsp3) is 0.190. The first-order chi connectivity index (χ1) is 13.6. The first-order valence-corrected chi connectivity index (χ1v) is 9.02. The second kappa shape index (κ2) is 7.26. The van der Waals surface area contributed by atoms with Crippen molar-refractivity contribution in [2.75, 3.05) is 6.54 Å². The average Bonchev–Trinajstić information content (AvgIpc) is 3.01. The number of hydrogen-bond acceptors (Lipinski definition) is 4. The van der Waals surface area contributed by atoms with Gasteiger partial charge in [0.15, 0.2) is 11.9 Å². The summed E-state index contributed by atoms with van der Waals surface area (Å²) in [5.41, 5.74) is 4.66. The van der Waals surface area contributed by atoms with E-state index in [-0.39, 0.29) is 11.8 Å². The lowest BCUT2D eigenvalue weighted by Crippen LogP contribution is -2.37. The number of rotatable bonds is 3. The van der Waals surface area contributed by atoms with Crippen molar-refractivity contribution in [1.82, 2.24) is 15.8 Å². The van der Waals surface area contributed by atoms with Gasteiger partial charge in [0.25, 0.3) is 0 Å². The Kier molecular flexibility index (Phi) is 4.65. The molecule has 0 saturated carbocycles. The maximum atomic E-state index is 13.5. The molecule has 6 nitrogen and oxygen atoms in total. The van der Waals surface area contributed by atoms with Crippen LogP contribution in [0.15, 0.2) is 58.0 Å². The molecule has 0 bridgehead atoms. The van der Waals surface area contributed by atoms with Crippen LogP contribution in [0.4, 0.5) is 9.18 Å². The molecule has 0 aliphatic carbocycles. The molecule has 28 heavy (non-hydrogen) atoms. The van der Waals surface area contributed by atoms with E-state index in [1.165, 1.54) is 12.1 Å². The highest BCUT2D eigenvalue weighted by Crippen LogP contribution is 2.38. The topological polar surface area (TPSA) is 79.5 Å². The molecule has 1 atom stereocenters. The SMILES string of the molecule is CCNC(=O)NC1N=C(c2ccc(F)cc2)c2ccccc2-c2c(C)noc21. The Labute approximate surface area is 161 Å². The maximum absolute atomic E-state index is 13.5. The summed E-state index contributed by atoms with van der Waals surface area (Å²) in [6, 6.07) is 13.5. The van der Waals surface area contributed by atoms with E-state index in [1.807, 2.05) is 38.1 Å². The number of benzene rings is 2. The first-order valence-electron chi connectivity index (χ1n) is 9.02. The minimum atomic E-state index is -0.768. The summed E-state index contributed by atoms with van der Waals surface area (Å²) in [7, 11) is 0. The van der Waals surface area contributed by atoms with Gasteiger partial charge in [0, 0.05) is 17.7 Å². The number of amides is 2. The van der Waals surface area contributed by atoms with Crippen molar-refractivity contribution in [1.29, 1.82) is 0 Å². The van der Waals surface area contributed by atoms with Crippen molar-refractivity contribution in [2.45, 2.75) is 20.0 Å². The van der Waals surface area contributed by atoms with Crippen LogP contribution < -0.4 is 10.6 Å². The molecule has 2 amide bonds. The van der Waals surface area contributed by atoms with E-state index < -0.39 is 6.17 Å². The molecule has 0 saturated heterocycles. The third kappa shape index (κ3) is 3.15. The van der Waals surface area contributed by atoms with Gasteiger partial charge >= 0.3 is 6.03 Å². The molecular weight excluding hydrogens is 359 g/mol. The smallest absolute Gasteiger partial charge is 0.316 e. The van der Waals surface area contributed by atoms with Crippen LogP contribution in [-0.2, 0) is 0 Å². The lowest BCUT2D eigenvalue weighted by atomic mass is 9.93. The number of aliphatic imine (C=N–C) groups is 1. The van der Waals surface area contributed by atoms with Crippen LogP contribution in [0.3, 0.4) is 0 Å². The van der Waals surface area contributed by atoms with Gasteiger partial charge in [-0.25, -0.2) is 9.18 Å². The molecule has 1 aromatic heterocycles. The van der Waals surface area contributed by atoms with E-state index in [2.05, 4.69) is 15.8 Å². The van der Waals surface area contributed by atoms with E-state index in [0.29, 0.717) is 23.7 Å². The Morgan fingerprint density at radius 1 is 1.14 bits per heavy atom. The maximum Gasteiger partial charge on any atom is 0.316 e. The van der Waals surface area contributed by atoms with Crippen molar-refractivity contribution in [2.24, 2.45) is 4.99 Å². The van der Waals surface area contributed by atoms with Gasteiger partial charge < -0.3 is 15.2 Å². The van der Waals surface area contributed by atoms with Gasteiger partial charge in [0.2, 0.25) is 0 Å².